The Labute approximate surface area is 339 Å². The van der Waals surface area contributed by atoms with Crippen molar-refractivity contribution in [1.29, 1.82) is 0 Å². The molecule has 2 amide bonds. The molecule has 8 rings (SSSR count). The molecule has 2 aliphatic heterocycles. The predicted molar refractivity (Wildman–Crippen MR) is 213 cm³/mol. The number of nitrogens with one attached hydrogen (secondary N) is 1. The topological polar surface area (TPSA) is 180 Å². The first-order chi connectivity index (χ1) is 27.9. The number of amides is 2. The zero-order chi connectivity index (χ0) is 40.8. The third-order valence-electron chi connectivity index (χ3n) is 13.9. The number of benzene rings is 1. The fraction of sp³-hybridized carbons (Fsp3) is 0.674. The van der Waals surface area contributed by atoms with Crippen LogP contribution in [0.1, 0.15) is 109 Å². The molecule has 14 nitrogen and oxygen atoms in total. The molecule has 1 N–H and O–H groups in total. The second-order valence-corrected chi connectivity index (χ2v) is 19.6. The number of aromatic nitrogens is 2. The van der Waals surface area contributed by atoms with Gasteiger partial charge in [-0.1, -0.05) is 37.8 Å². The summed E-state index contributed by atoms with van der Waals surface area (Å²) in [6.45, 7) is 4.16. The molecule has 5 fully saturated rings. The number of hydrogen-bond acceptors (Lipinski definition) is 11. The second kappa shape index (κ2) is 16.4. The third-order valence-corrected chi connectivity index (χ3v) is 15.7. The summed E-state index contributed by atoms with van der Waals surface area (Å²) in [5, 5.41) is -0.287. The first-order valence-corrected chi connectivity index (χ1v) is 22.9. The molecule has 0 spiro atoms. The number of allylic oxidation sites excluding steroid dienone is 1. The van der Waals surface area contributed by atoms with Gasteiger partial charge in [0.15, 0.2) is 5.78 Å². The van der Waals surface area contributed by atoms with Gasteiger partial charge < -0.3 is 19.1 Å². The van der Waals surface area contributed by atoms with Crippen LogP contribution in [0.25, 0.3) is 10.9 Å². The number of fused-ring (bicyclic) bond motifs is 5. The number of Topliss-reactive ketones (excluding diaryl/α,β-unsaturated/α-hetero) is 1. The molecule has 4 saturated carbocycles. The highest BCUT2D eigenvalue weighted by molar-refractivity contribution is 7.90. The van der Waals surface area contributed by atoms with E-state index in [1.807, 2.05) is 0 Å². The molecule has 2 bridgehead atoms. The van der Waals surface area contributed by atoms with E-state index in [-0.39, 0.29) is 67.6 Å². The standard InChI is InChI=1S/C43H56N4O10S/c1-3-28-23-43(28,41(52)45-58(53,54)30-18-19-30)24-34(48)33-21-29-25-47(33)39(50)31(26-11-6-7-12-26)22-37(49)57-35-16-9-14-27(35)13-5-4-8-20-46-40(51)38-32(44-42(46)56-29)15-10-17-36(38)55-2/h3,10,15,17,26-31,33,35H,1,4-9,11-14,16,18-25H2,2H3,(H,45,52)/t27-,28-,29-,31+,33+,35-,43-/m1/s1. The van der Waals surface area contributed by atoms with Gasteiger partial charge in [0.25, 0.3) is 11.6 Å². The van der Waals surface area contributed by atoms with Gasteiger partial charge in [-0.2, -0.15) is 4.98 Å². The number of nitrogens with zero attached hydrogens (tertiary/aromatic N) is 3. The van der Waals surface area contributed by atoms with Crippen molar-refractivity contribution in [3.63, 3.8) is 0 Å². The molecule has 0 unspecified atom stereocenters. The number of ether oxygens (including phenoxy) is 3. The maximum atomic E-state index is 15.0. The minimum atomic E-state index is -3.88. The monoisotopic (exact) mass is 820 g/mol. The Morgan fingerprint density at radius 2 is 1.72 bits per heavy atom. The SMILES string of the molecule is C=C[C@@H]1C[C@]1(CC(=O)[C@@H]1C[C@@H]2CN1C(=O)[C@H](C1CCCC1)CC(=O)O[C@@H]1CCC[C@H]1CCCCCn1c(nc3cccc(OC)c3c1=O)O2)C(=O)NS(=O)(=O)C1CC1. The molecule has 1 aromatic carbocycles. The van der Waals surface area contributed by atoms with E-state index in [2.05, 4.69) is 11.3 Å². The van der Waals surface area contributed by atoms with Crippen molar-refractivity contribution < 1.29 is 41.8 Å². The van der Waals surface area contributed by atoms with Gasteiger partial charge in [-0.05, 0) is 94.1 Å². The van der Waals surface area contributed by atoms with Gasteiger partial charge >= 0.3 is 5.97 Å². The fourth-order valence-electron chi connectivity index (χ4n) is 10.3. The highest BCUT2D eigenvalue weighted by atomic mass is 32.2. The van der Waals surface area contributed by atoms with Crippen molar-refractivity contribution in [3.05, 3.63) is 41.2 Å². The summed E-state index contributed by atoms with van der Waals surface area (Å²) in [5.74, 6) is -2.43. The van der Waals surface area contributed by atoms with Crippen molar-refractivity contribution in [1.82, 2.24) is 19.2 Å². The number of carbonyl (C=O) groups is 4. The smallest absolute Gasteiger partial charge is 0.306 e. The van der Waals surface area contributed by atoms with E-state index in [1.165, 1.54) is 16.6 Å². The Balaban J connectivity index is 1.15. The Morgan fingerprint density at radius 3 is 2.45 bits per heavy atom. The van der Waals surface area contributed by atoms with Crippen molar-refractivity contribution in [2.24, 2.45) is 29.1 Å². The van der Waals surface area contributed by atoms with E-state index in [9.17, 15) is 32.4 Å². The lowest BCUT2D eigenvalue weighted by Gasteiger charge is -2.31. The van der Waals surface area contributed by atoms with Crippen LogP contribution in [0.5, 0.6) is 11.8 Å². The molecule has 15 heteroatoms. The fourth-order valence-corrected chi connectivity index (χ4v) is 11.7. The molecule has 3 heterocycles. The van der Waals surface area contributed by atoms with Crippen molar-refractivity contribution in [3.8, 4) is 11.8 Å². The molecular weight excluding hydrogens is 765 g/mol. The maximum Gasteiger partial charge on any atom is 0.306 e. The quantitative estimate of drug-likeness (QED) is 0.266. The zero-order valence-electron chi connectivity index (χ0n) is 33.4. The molecule has 4 aliphatic carbocycles. The lowest BCUT2D eigenvalue weighted by Crippen LogP contribution is -2.47. The second-order valence-electron chi connectivity index (χ2n) is 17.6. The first-order valence-electron chi connectivity index (χ1n) is 21.4. The summed E-state index contributed by atoms with van der Waals surface area (Å²) >= 11 is 0. The molecule has 7 atom stereocenters. The van der Waals surface area contributed by atoms with Crippen LogP contribution >= 0.6 is 0 Å². The zero-order valence-corrected chi connectivity index (χ0v) is 34.2. The van der Waals surface area contributed by atoms with Gasteiger partial charge in [0.2, 0.25) is 21.8 Å². The number of rotatable bonds is 9. The molecule has 314 valence electrons. The van der Waals surface area contributed by atoms with Gasteiger partial charge in [0.05, 0.1) is 48.2 Å². The van der Waals surface area contributed by atoms with Gasteiger partial charge in [-0.15, -0.1) is 6.58 Å². The number of esters is 1. The first kappa shape index (κ1) is 40.5. The summed E-state index contributed by atoms with van der Waals surface area (Å²) in [6, 6.07) is 4.23. The Hall–Kier alpha value is -4.27. The molecule has 2 aromatic rings. The third kappa shape index (κ3) is 8.03. The van der Waals surface area contributed by atoms with E-state index >= 15 is 0 Å². The lowest BCUT2D eigenvalue weighted by atomic mass is 9.86. The summed E-state index contributed by atoms with van der Waals surface area (Å²) in [5.41, 5.74) is -1.23. The lowest BCUT2D eigenvalue weighted by molar-refractivity contribution is -0.156. The van der Waals surface area contributed by atoms with Crippen LogP contribution in [0, 0.1) is 29.1 Å². The molecular formula is C43H56N4O10S. The minimum Gasteiger partial charge on any atom is -0.496 e. The Morgan fingerprint density at radius 1 is 0.983 bits per heavy atom. The van der Waals surface area contributed by atoms with Gasteiger partial charge in [-0.3, -0.25) is 33.3 Å². The highest BCUT2D eigenvalue weighted by Crippen LogP contribution is 2.57. The maximum absolute atomic E-state index is 15.0. The Bertz CT molecular complexity index is 2130. The van der Waals surface area contributed by atoms with Crippen LogP contribution in [0.15, 0.2) is 35.6 Å². The number of hydrogen-bond donors (Lipinski definition) is 1. The number of methoxy groups -OCH3 is 1. The molecule has 1 aromatic heterocycles. The van der Waals surface area contributed by atoms with Crippen LogP contribution in [0.4, 0.5) is 0 Å². The van der Waals surface area contributed by atoms with Crippen LogP contribution < -0.4 is 19.8 Å². The van der Waals surface area contributed by atoms with E-state index in [1.54, 1.807) is 24.3 Å². The van der Waals surface area contributed by atoms with Crippen molar-refractivity contribution in [2.45, 2.75) is 139 Å². The van der Waals surface area contributed by atoms with Crippen molar-refractivity contribution >= 4 is 44.5 Å². The molecule has 0 radical (unpaired) electrons. The average molecular weight is 821 g/mol. The van der Waals surface area contributed by atoms with Gasteiger partial charge in [0.1, 0.15) is 23.3 Å². The number of sulfonamides is 1. The van der Waals surface area contributed by atoms with Gasteiger partial charge in [-0.25, -0.2) is 8.42 Å². The van der Waals surface area contributed by atoms with E-state index in [0.717, 1.165) is 64.2 Å². The normalized spacial score (nSPS) is 31.0. The average Bonchev–Trinajstić information content (AvgIpc) is 3.99. The minimum absolute atomic E-state index is 0.00956. The molecule has 1 saturated heterocycles. The van der Waals surface area contributed by atoms with E-state index in [0.29, 0.717) is 42.5 Å². The summed E-state index contributed by atoms with van der Waals surface area (Å²) in [7, 11) is -2.37. The molecule has 58 heavy (non-hydrogen) atoms. The van der Waals surface area contributed by atoms with Gasteiger partial charge in [0, 0.05) is 19.4 Å². The summed E-state index contributed by atoms with van der Waals surface area (Å²) in [4.78, 5) is 77.6. The predicted octanol–water partition coefficient (Wildman–Crippen LogP) is 5.00. The number of ketones is 1. The summed E-state index contributed by atoms with van der Waals surface area (Å²) in [6.07, 6.45) is 10.9. The molecule has 6 aliphatic rings. The largest absolute Gasteiger partial charge is 0.496 e. The van der Waals surface area contributed by atoms with Crippen LogP contribution in [0.3, 0.4) is 0 Å². The highest BCUT2D eigenvalue weighted by Gasteiger charge is 2.61. The van der Waals surface area contributed by atoms with Crippen LogP contribution in [0.2, 0.25) is 0 Å². The van der Waals surface area contributed by atoms with Crippen LogP contribution in [-0.2, 0) is 40.5 Å². The number of carbonyl (C=O) groups excluding carboxylic acids is 4. The Kier molecular flexibility index (Phi) is 11.5. The van der Waals surface area contributed by atoms with E-state index in [4.69, 9.17) is 19.2 Å². The van der Waals surface area contributed by atoms with Crippen molar-refractivity contribution in [2.75, 3.05) is 13.7 Å². The van der Waals surface area contributed by atoms with E-state index < -0.39 is 62.3 Å². The van der Waals surface area contributed by atoms with Crippen LogP contribution in [-0.4, -0.2) is 83.6 Å². The summed E-state index contributed by atoms with van der Waals surface area (Å²) < 4.78 is 47.8.